The van der Waals surface area contributed by atoms with Crippen molar-refractivity contribution in [2.75, 3.05) is 19.6 Å². The van der Waals surface area contributed by atoms with Crippen molar-refractivity contribution < 1.29 is 4.79 Å². The lowest BCUT2D eigenvalue weighted by Gasteiger charge is -2.12. The molecule has 2 heterocycles. The first-order valence-electron chi connectivity index (χ1n) is 5.02. The van der Waals surface area contributed by atoms with E-state index >= 15 is 0 Å². The third-order valence-corrected chi connectivity index (χ3v) is 2.55. The summed E-state index contributed by atoms with van der Waals surface area (Å²) < 4.78 is 0. The van der Waals surface area contributed by atoms with Gasteiger partial charge >= 0.3 is 0 Å². The van der Waals surface area contributed by atoms with Gasteiger partial charge in [-0.2, -0.15) is 0 Å². The van der Waals surface area contributed by atoms with Crippen molar-refractivity contribution in [3.8, 4) is 0 Å². The van der Waals surface area contributed by atoms with E-state index in [0.29, 0.717) is 6.54 Å². The number of Topliss-reactive ketones (excluding diaryl/α,β-unsaturated/α-hetero) is 1. The molecule has 1 fully saturated rings. The van der Waals surface area contributed by atoms with Gasteiger partial charge in [0.25, 0.3) is 0 Å². The molecule has 0 unspecified atom stereocenters. The van der Waals surface area contributed by atoms with Gasteiger partial charge < -0.3 is 0 Å². The van der Waals surface area contributed by atoms with Gasteiger partial charge in [0.2, 0.25) is 0 Å². The van der Waals surface area contributed by atoms with Gasteiger partial charge in [0.15, 0.2) is 5.78 Å². The van der Waals surface area contributed by atoms with E-state index < -0.39 is 0 Å². The lowest BCUT2D eigenvalue weighted by molar-refractivity contribution is 0.0945. The van der Waals surface area contributed by atoms with Crippen LogP contribution in [0.15, 0.2) is 24.5 Å². The molecule has 5 heteroatoms. The Morgan fingerprint density at radius 1 is 1.31 bits per heavy atom. The molecule has 0 atom stereocenters. The van der Waals surface area contributed by atoms with Crippen LogP contribution in [0, 0.1) is 0 Å². The van der Waals surface area contributed by atoms with E-state index in [0.717, 1.165) is 18.7 Å². The van der Waals surface area contributed by atoms with Crippen molar-refractivity contribution in [1.29, 1.82) is 0 Å². The largest absolute Gasteiger partial charge is 0.296 e. The first-order chi connectivity index (χ1) is 6.86. The number of halogens is 2. The lowest BCUT2D eigenvalue weighted by atomic mass is 10.2. The molecule has 0 amide bonds. The molecule has 1 aromatic heterocycles. The Morgan fingerprint density at radius 2 is 2.00 bits per heavy atom. The summed E-state index contributed by atoms with van der Waals surface area (Å²) in [6, 6.07) is 3.63. The minimum absolute atomic E-state index is 0. The maximum Gasteiger partial charge on any atom is 0.178 e. The number of ketones is 1. The van der Waals surface area contributed by atoms with E-state index in [-0.39, 0.29) is 30.6 Å². The zero-order chi connectivity index (χ0) is 9.80. The number of likely N-dealkylation sites (tertiary alicyclic amines) is 1. The summed E-state index contributed by atoms with van der Waals surface area (Å²) in [5.74, 6) is 0.181. The molecule has 2 rings (SSSR count). The van der Waals surface area contributed by atoms with E-state index in [9.17, 15) is 4.79 Å². The highest BCUT2D eigenvalue weighted by Gasteiger charge is 2.15. The summed E-state index contributed by atoms with van der Waals surface area (Å²) in [7, 11) is 0. The zero-order valence-electron chi connectivity index (χ0n) is 8.96. The van der Waals surface area contributed by atoms with Crippen LogP contribution < -0.4 is 0 Å². The van der Waals surface area contributed by atoms with Crippen LogP contribution in [0.3, 0.4) is 0 Å². The van der Waals surface area contributed by atoms with Gasteiger partial charge in [0.1, 0.15) is 0 Å². The summed E-state index contributed by atoms with van der Waals surface area (Å²) in [6.45, 7) is 2.67. The second-order valence-corrected chi connectivity index (χ2v) is 3.65. The maximum absolute atomic E-state index is 11.7. The molecular weight excluding hydrogens is 247 g/mol. The number of nitrogens with zero attached hydrogens (tertiary/aromatic N) is 2. The molecule has 0 saturated carbocycles. The smallest absolute Gasteiger partial charge is 0.178 e. The third-order valence-electron chi connectivity index (χ3n) is 2.55. The van der Waals surface area contributed by atoms with Gasteiger partial charge in [0.05, 0.1) is 6.54 Å². The fourth-order valence-electron chi connectivity index (χ4n) is 1.76. The number of carbonyl (C=O) groups is 1. The average molecular weight is 263 g/mol. The minimum atomic E-state index is 0. The number of aromatic nitrogens is 1. The standard InChI is InChI=1S/C11H14N2O.2ClH/c14-11(9-13-6-1-2-7-13)10-4-3-5-12-8-10;;/h3-5,8H,1-2,6-7,9H2;2*1H. The van der Waals surface area contributed by atoms with Crippen molar-refractivity contribution in [1.82, 2.24) is 9.88 Å². The molecule has 0 spiro atoms. The Bertz CT molecular complexity index is 313. The van der Waals surface area contributed by atoms with Crippen LogP contribution in [0.4, 0.5) is 0 Å². The van der Waals surface area contributed by atoms with Crippen LogP contribution in [0.5, 0.6) is 0 Å². The fourth-order valence-corrected chi connectivity index (χ4v) is 1.76. The van der Waals surface area contributed by atoms with Gasteiger partial charge in [-0.15, -0.1) is 24.8 Å². The Morgan fingerprint density at radius 3 is 2.56 bits per heavy atom. The molecular formula is C11H16Cl2N2O. The van der Waals surface area contributed by atoms with Crippen molar-refractivity contribution in [3.63, 3.8) is 0 Å². The topological polar surface area (TPSA) is 33.2 Å². The van der Waals surface area contributed by atoms with Crippen molar-refractivity contribution >= 4 is 30.6 Å². The van der Waals surface area contributed by atoms with E-state index in [4.69, 9.17) is 0 Å². The van der Waals surface area contributed by atoms with Gasteiger partial charge in [-0.05, 0) is 38.1 Å². The predicted molar refractivity (Wildman–Crippen MR) is 68.7 cm³/mol. The number of hydrogen-bond donors (Lipinski definition) is 0. The van der Waals surface area contributed by atoms with E-state index in [1.54, 1.807) is 18.5 Å². The molecule has 0 aromatic carbocycles. The Labute approximate surface area is 108 Å². The molecule has 1 saturated heterocycles. The Kier molecular flexibility index (Phi) is 7.30. The summed E-state index contributed by atoms with van der Waals surface area (Å²) in [5, 5.41) is 0. The fraction of sp³-hybridized carbons (Fsp3) is 0.455. The van der Waals surface area contributed by atoms with E-state index in [1.165, 1.54) is 12.8 Å². The Balaban J connectivity index is 0.00000112. The highest BCUT2D eigenvalue weighted by Crippen LogP contribution is 2.08. The van der Waals surface area contributed by atoms with Crippen molar-refractivity contribution in [2.45, 2.75) is 12.8 Å². The summed E-state index contributed by atoms with van der Waals surface area (Å²) in [5.41, 5.74) is 0.722. The number of carbonyl (C=O) groups excluding carboxylic acids is 1. The normalized spacial score (nSPS) is 15.0. The molecule has 1 aliphatic heterocycles. The molecule has 0 aliphatic carbocycles. The SMILES string of the molecule is Cl.Cl.O=C(CN1CCCC1)c1cccnc1. The molecule has 1 aliphatic rings. The van der Waals surface area contributed by atoms with Crippen LogP contribution in [0.2, 0.25) is 0 Å². The van der Waals surface area contributed by atoms with Crippen LogP contribution in [-0.4, -0.2) is 35.3 Å². The second-order valence-electron chi connectivity index (χ2n) is 3.65. The number of pyridine rings is 1. The van der Waals surface area contributed by atoms with Crippen LogP contribution in [0.25, 0.3) is 0 Å². The van der Waals surface area contributed by atoms with Gasteiger partial charge in [-0.3, -0.25) is 14.7 Å². The quantitative estimate of drug-likeness (QED) is 0.784. The minimum Gasteiger partial charge on any atom is -0.296 e. The van der Waals surface area contributed by atoms with Crippen molar-refractivity contribution in [3.05, 3.63) is 30.1 Å². The molecule has 0 radical (unpaired) electrons. The molecule has 90 valence electrons. The van der Waals surface area contributed by atoms with Crippen LogP contribution >= 0.6 is 24.8 Å². The molecule has 0 bridgehead atoms. The maximum atomic E-state index is 11.7. The molecule has 16 heavy (non-hydrogen) atoms. The molecule has 0 N–H and O–H groups in total. The highest BCUT2D eigenvalue weighted by atomic mass is 35.5. The average Bonchev–Trinajstić information content (AvgIpc) is 2.72. The predicted octanol–water partition coefficient (Wildman–Crippen LogP) is 2.20. The third kappa shape index (κ3) is 4.08. The molecule has 1 aromatic rings. The van der Waals surface area contributed by atoms with E-state index in [1.807, 2.05) is 6.07 Å². The summed E-state index contributed by atoms with van der Waals surface area (Å²) in [4.78, 5) is 17.9. The first kappa shape index (κ1) is 15.4. The Hall–Kier alpha value is -0.640. The van der Waals surface area contributed by atoms with Gasteiger partial charge in [0, 0.05) is 18.0 Å². The first-order valence-corrected chi connectivity index (χ1v) is 5.02. The van der Waals surface area contributed by atoms with Crippen LogP contribution in [-0.2, 0) is 0 Å². The zero-order valence-corrected chi connectivity index (χ0v) is 10.6. The second kappa shape index (κ2) is 7.60. The van der Waals surface area contributed by atoms with Gasteiger partial charge in [-0.1, -0.05) is 0 Å². The summed E-state index contributed by atoms with van der Waals surface area (Å²) >= 11 is 0. The van der Waals surface area contributed by atoms with Crippen LogP contribution in [0.1, 0.15) is 23.2 Å². The summed E-state index contributed by atoms with van der Waals surface area (Å²) in [6.07, 6.45) is 5.77. The van der Waals surface area contributed by atoms with Gasteiger partial charge in [-0.25, -0.2) is 0 Å². The van der Waals surface area contributed by atoms with E-state index in [2.05, 4.69) is 9.88 Å². The number of rotatable bonds is 3. The monoisotopic (exact) mass is 262 g/mol. The highest BCUT2D eigenvalue weighted by molar-refractivity contribution is 5.97. The van der Waals surface area contributed by atoms with Crippen molar-refractivity contribution in [2.24, 2.45) is 0 Å². The lowest BCUT2D eigenvalue weighted by Crippen LogP contribution is -2.26. The number of hydrogen-bond acceptors (Lipinski definition) is 3. The molecule has 3 nitrogen and oxygen atoms in total.